The van der Waals surface area contributed by atoms with Gasteiger partial charge in [0.15, 0.2) is 0 Å². The van der Waals surface area contributed by atoms with Crippen molar-refractivity contribution in [2.75, 3.05) is 7.05 Å². The fourth-order valence-electron chi connectivity index (χ4n) is 2.17. The summed E-state index contributed by atoms with van der Waals surface area (Å²) in [6.45, 7) is 3.39. The van der Waals surface area contributed by atoms with E-state index in [0.29, 0.717) is 0 Å². The molecule has 0 spiro atoms. The Morgan fingerprint density at radius 2 is 2.07 bits per heavy atom. The van der Waals surface area contributed by atoms with Crippen LogP contribution in [0.4, 0.5) is 0 Å². The van der Waals surface area contributed by atoms with Crippen molar-refractivity contribution in [2.45, 2.75) is 44.5 Å². The van der Waals surface area contributed by atoms with Crippen molar-refractivity contribution in [3.8, 4) is 0 Å². The SMILES string of the molecule is CNC(=O)C(NC(C)O)(C1CC1)[C@@H](C)N. The van der Waals surface area contributed by atoms with Crippen LogP contribution in [0.25, 0.3) is 0 Å². The average Bonchev–Trinajstić information content (AvgIpc) is 2.95. The molecule has 1 amide bonds. The standard InChI is InChI=1S/C10H21N3O2/c1-6(11)10(8-4-5-8,9(15)12-3)13-7(2)14/h6-8,13-14H,4-5,11H2,1-3H3,(H,12,15)/t6-,7?,10?/m1/s1. The highest BCUT2D eigenvalue weighted by Gasteiger charge is 2.53. The number of nitrogens with one attached hydrogen (secondary N) is 2. The minimum absolute atomic E-state index is 0.138. The van der Waals surface area contributed by atoms with Gasteiger partial charge in [-0.15, -0.1) is 0 Å². The Labute approximate surface area is 90.4 Å². The molecule has 0 aromatic carbocycles. The highest BCUT2D eigenvalue weighted by molar-refractivity contribution is 5.88. The molecule has 15 heavy (non-hydrogen) atoms. The van der Waals surface area contributed by atoms with Crippen LogP contribution in [0.15, 0.2) is 0 Å². The highest BCUT2D eigenvalue weighted by Crippen LogP contribution is 2.41. The lowest BCUT2D eigenvalue weighted by atomic mass is 9.84. The molecule has 0 saturated heterocycles. The lowest BCUT2D eigenvalue weighted by Crippen LogP contribution is -2.68. The van der Waals surface area contributed by atoms with Crippen LogP contribution in [0.3, 0.4) is 0 Å². The van der Waals surface area contributed by atoms with Crippen LogP contribution in [0, 0.1) is 5.92 Å². The van der Waals surface area contributed by atoms with Gasteiger partial charge in [-0.1, -0.05) is 0 Å². The van der Waals surface area contributed by atoms with Gasteiger partial charge in [0, 0.05) is 13.1 Å². The van der Waals surface area contributed by atoms with Crippen LogP contribution in [0.1, 0.15) is 26.7 Å². The number of carbonyl (C=O) groups is 1. The maximum absolute atomic E-state index is 11.9. The Morgan fingerprint density at radius 1 is 1.53 bits per heavy atom. The molecule has 0 heterocycles. The van der Waals surface area contributed by atoms with Crippen molar-refractivity contribution in [1.29, 1.82) is 0 Å². The number of amides is 1. The molecule has 5 nitrogen and oxygen atoms in total. The first-order valence-corrected chi connectivity index (χ1v) is 5.38. The molecule has 88 valence electrons. The van der Waals surface area contributed by atoms with Crippen LogP contribution in [-0.4, -0.2) is 35.9 Å². The predicted molar refractivity (Wildman–Crippen MR) is 58.0 cm³/mol. The zero-order valence-corrected chi connectivity index (χ0v) is 9.58. The van der Waals surface area contributed by atoms with Gasteiger partial charge in [-0.3, -0.25) is 10.1 Å². The van der Waals surface area contributed by atoms with Gasteiger partial charge in [0.1, 0.15) is 11.8 Å². The molecule has 3 atom stereocenters. The van der Waals surface area contributed by atoms with Crippen LogP contribution in [0.2, 0.25) is 0 Å². The van der Waals surface area contributed by atoms with Crippen molar-refractivity contribution in [3.05, 3.63) is 0 Å². The summed E-state index contributed by atoms with van der Waals surface area (Å²) in [5.41, 5.74) is 5.07. The number of nitrogens with two attached hydrogens (primary N) is 1. The molecule has 5 N–H and O–H groups in total. The average molecular weight is 215 g/mol. The summed E-state index contributed by atoms with van der Waals surface area (Å²) in [7, 11) is 1.59. The molecule has 0 radical (unpaired) electrons. The third kappa shape index (κ3) is 2.30. The van der Waals surface area contributed by atoms with E-state index in [9.17, 15) is 9.90 Å². The van der Waals surface area contributed by atoms with Gasteiger partial charge in [-0.25, -0.2) is 0 Å². The maximum Gasteiger partial charge on any atom is 0.242 e. The Kier molecular flexibility index (Phi) is 3.70. The van der Waals surface area contributed by atoms with E-state index in [0.717, 1.165) is 12.8 Å². The zero-order valence-electron chi connectivity index (χ0n) is 9.58. The Balaban J connectivity index is 2.93. The minimum Gasteiger partial charge on any atom is -0.379 e. The van der Waals surface area contributed by atoms with Crippen molar-refractivity contribution in [2.24, 2.45) is 11.7 Å². The fourth-order valence-corrected chi connectivity index (χ4v) is 2.17. The first-order valence-electron chi connectivity index (χ1n) is 5.38. The lowest BCUT2D eigenvalue weighted by Gasteiger charge is -2.38. The number of hydrogen-bond donors (Lipinski definition) is 4. The Morgan fingerprint density at radius 3 is 2.33 bits per heavy atom. The number of likely N-dealkylation sites (N-methyl/N-ethyl adjacent to an activating group) is 1. The number of aliphatic hydroxyl groups excluding tert-OH is 1. The van der Waals surface area contributed by atoms with Crippen molar-refractivity contribution in [3.63, 3.8) is 0 Å². The summed E-state index contributed by atoms with van der Waals surface area (Å²) in [4.78, 5) is 11.9. The molecular formula is C10H21N3O2. The molecule has 1 rings (SSSR count). The Hall–Kier alpha value is -0.650. The monoisotopic (exact) mass is 215 g/mol. The summed E-state index contributed by atoms with van der Waals surface area (Å²) in [5.74, 6) is 0.0907. The van der Waals surface area contributed by atoms with E-state index in [1.54, 1.807) is 20.9 Å². The van der Waals surface area contributed by atoms with E-state index in [-0.39, 0.29) is 17.9 Å². The lowest BCUT2D eigenvalue weighted by molar-refractivity contribution is -0.130. The number of rotatable bonds is 5. The quantitative estimate of drug-likeness (QED) is 0.450. The van der Waals surface area contributed by atoms with E-state index in [1.165, 1.54) is 0 Å². The smallest absolute Gasteiger partial charge is 0.242 e. The van der Waals surface area contributed by atoms with Crippen LogP contribution in [-0.2, 0) is 4.79 Å². The number of aliphatic hydroxyl groups is 1. The topological polar surface area (TPSA) is 87.4 Å². The Bertz CT molecular complexity index is 235. The third-order valence-electron chi connectivity index (χ3n) is 2.99. The van der Waals surface area contributed by atoms with Gasteiger partial charge in [0.25, 0.3) is 0 Å². The molecular weight excluding hydrogens is 194 g/mol. The normalized spacial score (nSPS) is 24.1. The second kappa shape index (κ2) is 4.47. The van der Waals surface area contributed by atoms with E-state index in [1.807, 2.05) is 0 Å². The molecule has 1 aliphatic rings. The summed E-state index contributed by atoms with van der Waals surface area (Å²) in [6, 6.07) is -0.334. The zero-order chi connectivity index (χ0) is 11.6. The number of hydrogen-bond acceptors (Lipinski definition) is 4. The summed E-state index contributed by atoms with van der Waals surface area (Å²) in [5, 5.41) is 15.0. The molecule has 0 aromatic heterocycles. The van der Waals surface area contributed by atoms with Gasteiger partial charge in [-0.05, 0) is 32.6 Å². The second-order valence-electron chi connectivity index (χ2n) is 4.33. The summed E-state index contributed by atoms with van der Waals surface area (Å²) >= 11 is 0. The molecule has 0 aromatic rings. The summed E-state index contributed by atoms with van der Waals surface area (Å²) in [6.07, 6.45) is 1.22. The van der Waals surface area contributed by atoms with Crippen molar-refractivity contribution >= 4 is 5.91 Å². The van der Waals surface area contributed by atoms with E-state index in [2.05, 4.69) is 10.6 Å². The summed E-state index contributed by atoms with van der Waals surface area (Å²) < 4.78 is 0. The van der Waals surface area contributed by atoms with Gasteiger partial charge < -0.3 is 16.2 Å². The second-order valence-corrected chi connectivity index (χ2v) is 4.33. The van der Waals surface area contributed by atoms with Gasteiger partial charge in [0.05, 0.1) is 0 Å². The first kappa shape index (κ1) is 12.4. The predicted octanol–water partition coefficient (Wildman–Crippen LogP) is -0.844. The molecule has 1 fully saturated rings. The van der Waals surface area contributed by atoms with E-state index < -0.39 is 11.8 Å². The molecule has 1 saturated carbocycles. The third-order valence-corrected chi connectivity index (χ3v) is 2.99. The molecule has 5 heteroatoms. The van der Waals surface area contributed by atoms with E-state index >= 15 is 0 Å². The molecule has 0 aliphatic heterocycles. The largest absolute Gasteiger partial charge is 0.379 e. The molecule has 2 unspecified atom stereocenters. The van der Waals surface area contributed by atoms with Gasteiger partial charge in [-0.2, -0.15) is 0 Å². The number of carbonyl (C=O) groups excluding carboxylic acids is 1. The van der Waals surface area contributed by atoms with Gasteiger partial charge >= 0.3 is 0 Å². The van der Waals surface area contributed by atoms with Gasteiger partial charge in [0.2, 0.25) is 5.91 Å². The van der Waals surface area contributed by atoms with Crippen molar-refractivity contribution < 1.29 is 9.90 Å². The van der Waals surface area contributed by atoms with Crippen LogP contribution in [0.5, 0.6) is 0 Å². The highest BCUT2D eigenvalue weighted by atomic mass is 16.3. The fraction of sp³-hybridized carbons (Fsp3) is 0.900. The first-order chi connectivity index (χ1) is 6.95. The molecule has 1 aliphatic carbocycles. The maximum atomic E-state index is 11.9. The van der Waals surface area contributed by atoms with Crippen LogP contribution < -0.4 is 16.4 Å². The van der Waals surface area contributed by atoms with Crippen molar-refractivity contribution in [1.82, 2.24) is 10.6 Å². The van der Waals surface area contributed by atoms with E-state index in [4.69, 9.17) is 5.73 Å². The molecule has 0 bridgehead atoms. The minimum atomic E-state index is -0.830. The van der Waals surface area contributed by atoms with Crippen LogP contribution >= 0.6 is 0 Å².